The maximum Gasteiger partial charge on any atom is 0.329 e. The van der Waals surface area contributed by atoms with Gasteiger partial charge >= 0.3 is 5.97 Å². The molecule has 0 aromatic heterocycles. The van der Waals surface area contributed by atoms with Crippen molar-refractivity contribution in [3.63, 3.8) is 0 Å². The highest BCUT2D eigenvalue weighted by atomic mass is 16.5. The number of anilines is 1. The van der Waals surface area contributed by atoms with Crippen molar-refractivity contribution in [3.05, 3.63) is 42.0 Å². The van der Waals surface area contributed by atoms with Crippen LogP contribution in [0.4, 0.5) is 5.69 Å². The van der Waals surface area contributed by atoms with Crippen molar-refractivity contribution >= 4 is 35.2 Å². The van der Waals surface area contributed by atoms with Crippen molar-refractivity contribution in [1.29, 1.82) is 0 Å². The van der Waals surface area contributed by atoms with Crippen LogP contribution < -0.4 is 5.32 Å². The molecular formula is C21H22N2O6. The fourth-order valence-corrected chi connectivity index (χ4v) is 3.58. The minimum Gasteiger partial charge on any atom is -0.454 e. The topological polar surface area (TPSA) is 110 Å². The summed E-state index contributed by atoms with van der Waals surface area (Å²) in [6.45, 7) is 2.26. The Morgan fingerprint density at radius 2 is 1.76 bits per heavy atom. The number of imide groups is 1. The van der Waals surface area contributed by atoms with E-state index in [1.807, 2.05) is 12.2 Å². The van der Waals surface area contributed by atoms with Crippen LogP contribution in [-0.4, -0.2) is 47.0 Å². The normalized spacial score (nSPS) is 21.5. The van der Waals surface area contributed by atoms with Crippen LogP contribution in [0.2, 0.25) is 0 Å². The highest BCUT2D eigenvalue weighted by Gasteiger charge is 2.50. The van der Waals surface area contributed by atoms with Crippen molar-refractivity contribution < 1.29 is 28.7 Å². The van der Waals surface area contributed by atoms with Gasteiger partial charge in [-0.15, -0.1) is 0 Å². The smallest absolute Gasteiger partial charge is 0.329 e. The van der Waals surface area contributed by atoms with Crippen LogP contribution >= 0.6 is 0 Å². The number of rotatable bonds is 6. The van der Waals surface area contributed by atoms with Crippen LogP contribution in [0, 0.1) is 11.8 Å². The first kappa shape index (κ1) is 20.4. The summed E-state index contributed by atoms with van der Waals surface area (Å²) < 4.78 is 5.00. The van der Waals surface area contributed by atoms with Crippen LogP contribution in [0.15, 0.2) is 36.4 Å². The molecule has 1 aromatic rings. The minimum atomic E-state index is -1.10. The Balaban J connectivity index is 1.55. The Bertz CT molecular complexity index is 880. The van der Waals surface area contributed by atoms with Crippen LogP contribution in [0.5, 0.6) is 0 Å². The zero-order chi connectivity index (χ0) is 21.1. The molecule has 8 nitrogen and oxygen atoms in total. The molecule has 152 valence electrons. The molecule has 3 amide bonds. The molecule has 0 radical (unpaired) electrons. The first-order chi connectivity index (χ1) is 13.8. The summed E-state index contributed by atoms with van der Waals surface area (Å²) in [5.41, 5.74) is 0.837. The van der Waals surface area contributed by atoms with Crippen molar-refractivity contribution in [1.82, 2.24) is 4.90 Å². The summed E-state index contributed by atoms with van der Waals surface area (Å²) in [5, 5.41) is 2.54. The lowest BCUT2D eigenvalue weighted by molar-refractivity contribution is -0.159. The molecule has 1 aliphatic carbocycles. The van der Waals surface area contributed by atoms with Crippen molar-refractivity contribution in [2.75, 3.05) is 11.9 Å². The van der Waals surface area contributed by atoms with Gasteiger partial charge in [0.2, 0.25) is 11.8 Å². The Labute approximate surface area is 167 Å². The van der Waals surface area contributed by atoms with Crippen LogP contribution in [0.25, 0.3) is 0 Å². The first-order valence-corrected chi connectivity index (χ1v) is 9.39. The number of esters is 1. The van der Waals surface area contributed by atoms with Gasteiger partial charge in [0, 0.05) is 11.3 Å². The highest BCUT2D eigenvalue weighted by Crippen LogP contribution is 2.36. The van der Waals surface area contributed by atoms with Crippen LogP contribution in [-0.2, 0) is 23.9 Å². The molecule has 1 saturated heterocycles. The lowest BCUT2D eigenvalue weighted by Crippen LogP contribution is -2.45. The van der Waals surface area contributed by atoms with Gasteiger partial charge < -0.3 is 10.1 Å². The van der Waals surface area contributed by atoms with E-state index in [4.69, 9.17) is 4.74 Å². The zero-order valence-electron chi connectivity index (χ0n) is 16.2. The molecular weight excluding hydrogens is 376 g/mol. The fraction of sp³-hybridized carbons (Fsp3) is 0.381. The van der Waals surface area contributed by atoms with E-state index in [0.29, 0.717) is 24.1 Å². The third kappa shape index (κ3) is 4.26. The van der Waals surface area contributed by atoms with Gasteiger partial charge in [0.1, 0.15) is 6.04 Å². The molecule has 3 rings (SSSR count). The molecule has 1 fully saturated rings. The zero-order valence-corrected chi connectivity index (χ0v) is 16.2. The Hall–Kier alpha value is -3.29. The summed E-state index contributed by atoms with van der Waals surface area (Å²) in [5.74, 6) is -3.18. The number of hydrogen-bond donors (Lipinski definition) is 1. The molecule has 0 unspecified atom stereocenters. The molecule has 1 heterocycles. The number of ether oxygens (including phenoxy) is 1. The van der Waals surface area contributed by atoms with E-state index in [9.17, 15) is 24.0 Å². The number of fused-ring (bicyclic) bond motifs is 1. The van der Waals surface area contributed by atoms with Crippen molar-refractivity contribution in [2.45, 2.75) is 32.7 Å². The molecule has 3 atom stereocenters. The van der Waals surface area contributed by atoms with Gasteiger partial charge in [-0.2, -0.15) is 0 Å². The summed E-state index contributed by atoms with van der Waals surface area (Å²) in [6, 6.07) is 5.26. The van der Waals surface area contributed by atoms with Gasteiger partial charge in [-0.1, -0.05) is 24.3 Å². The number of carbonyl (C=O) groups excluding carboxylic acids is 5. The molecule has 29 heavy (non-hydrogen) atoms. The number of ketones is 1. The van der Waals surface area contributed by atoms with Crippen LogP contribution in [0.3, 0.4) is 0 Å². The second-order valence-corrected chi connectivity index (χ2v) is 7.17. The number of nitrogens with one attached hydrogen (secondary N) is 1. The predicted octanol–water partition coefficient (Wildman–Crippen LogP) is 1.71. The number of carbonyl (C=O) groups is 5. The van der Waals surface area contributed by atoms with E-state index < -0.39 is 36.4 Å². The average Bonchev–Trinajstić information content (AvgIpc) is 2.96. The van der Waals surface area contributed by atoms with Gasteiger partial charge in [-0.05, 0) is 38.8 Å². The lowest BCUT2D eigenvalue weighted by Gasteiger charge is -2.21. The Kier molecular flexibility index (Phi) is 5.91. The van der Waals surface area contributed by atoms with Gasteiger partial charge in [0.15, 0.2) is 12.4 Å². The van der Waals surface area contributed by atoms with E-state index >= 15 is 0 Å². The monoisotopic (exact) mass is 398 g/mol. The molecule has 1 aliphatic heterocycles. The van der Waals surface area contributed by atoms with Crippen molar-refractivity contribution in [3.8, 4) is 0 Å². The van der Waals surface area contributed by atoms with E-state index in [1.54, 1.807) is 18.2 Å². The molecule has 8 heteroatoms. The molecule has 0 spiro atoms. The lowest BCUT2D eigenvalue weighted by atomic mass is 9.85. The SMILES string of the molecule is CC(=O)c1cccc(NC(=O)COC(=O)[C@H](C)N2C(=O)[C@H]3CC=CC[C@H]3C2=O)c1. The predicted molar refractivity (Wildman–Crippen MR) is 103 cm³/mol. The van der Waals surface area contributed by atoms with Gasteiger partial charge in [0.05, 0.1) is 11.8 Å². The molecule has 0 saturated carbocycles. The quantitative estimate of drug-likeness (QED) is 0.338. The number of hydrogen-bond acceptors (Lipinski definition) is 6. The van der Waals surface area contributed by atoms with Crippen LogP contribution in [0.1, 0.15) is 37.0 Å². The van der Waals surface area contributed by atoms with Gasteiger partial charge in [-0.3, -0.25) is 24.1 Å². The van der Waals surface area contributed by atoms with Crippen molar-refractivity contribution in [2.24, 2.45) is 11.8 Å². The Morgan fingerprint density at radius 1 is 1.14 bits per heavy atom. The minimum absolute atomic E-state index is 0.142. The van der Waals surface area contributed by atoms with Gasteiger partial charge in [0.25, 0.3) is 5.91 Å². The largest absolute Gasteiger partial charge is 0.454 e. The summed E-state index contributed by atoms with van der Waals surface area (Å²) in [7, 11) is 0. The maximum atomic E-state index is 12.5. The summed E-state index contributed by atoms with van der Waals surface area (Å²) in [6.07, 6.45) is 4.69. The first-order valence-electron chi connectivity index (χ1n) is 9.39. The second kappa shape index (κ2) is 8.38. The number of likely N-dealkylation sites (tertiary alicyclic amines) is 1. The van der Waals surface area contributed by atoms with E-state index in [2.05, 4.69) is 5.32 Å². The third-order valence-corrected chi connectivity index (χ3v) is 5.17. The fourth-order valence-electron chi connectivity index (χ4n) is 3.58. The molecule has 1 aromatic carbocycles. The molecule has 1 N–H and O–H groups in total. The van der Waals surface area contributed by atoms with E-state index in [1.165, 1.54) is 19.9 Å². The van der Waals surface area contributed by atoms with E-state index in [-0.39, 0.29) is 17.6 Å². The highest BCUT2D eigenvalue weighted by molar-refractivity contribution is 6.08. The number of Topliss-reactive ketones (excluding diaryl/α,β-unsaturated/α-hetero) is 1. The summed E-state index contributed by atoms with van der Waals surface area (Å²) in [4.78, 5) is 61.8. The third-order valence-electron chi connectivity index (χ3n) is 5.17. The van der Waals surface area contributed by atoms with Gasteiger partial charge in [-0.25, -0.2) is 4.79 Å². The maximum absolute atomic E-state index is 12.5. The second-order valence-electron chi connectivity index (χ2n) is 7.17. The van der Waals surface area contributed by atoms with E-state index in [0.717, 1.165) is 4.90 Å². The number of nitrogens with zero attached hydrogens (tertiary/aromatic N) is 1. The summed E-state index contributed by atoms with van der Waals surface area (Å²) >= 11 is 0. The number of amides is 3. The average molecular weight is 398 g/mol. The number of benzene rings is 1. The number of allylic oxidation sites excluding steroid dienone is 2. The standard InChI is InChI=1S/C21H22N2O6/c1-12(23-19(26)16-8-3-4-9-17(16)20(23)27)21(28)29-11-18(25)22-15-7-5-6-14(10-15)13(2)24/h3-7,10,12,16-17H,8-9,11H2,1-2H3,(H,22,25)/t12-,16-,17+/m0/s1. The molecule has 2 aliphatic rings. The molecule has 0 bridgehead atoms. The Morgan fingerprint density at radius 3 is 2.34 bits per heavy atom.